The molecule has 86 valence electrons. The number of nitrogens with one attached hydrogen (secondary N) is 1. The molecule has 0 spiro atoms. The van der Waals surface area contributed by atoms with Crippen LogP contribution in [0.5, 0.6) is 0 Å². The number of amides is 1. The molecule has 1 amide bonds. The van der Waals surface area contributed by atoms with E-state index >= 15 is 0 Å². The van der Waals surface area contributed by atoms with Crippen LogP contribution in [0.25, 0.3) is 0 Å². The van der Waals surface area contributed by atoms with E-state index in [-0.39, 0.29) is 42.4 Å². The van der Waals surface area contributed by atoms with Crippen molar-refractivity contribution in [2.75, 3.05) is 0 Å². The van der Waals surface area contributed by atoms with Gasteiger partial charge in [0.15, 0.2) is 0 Å². The Morgan fingerprint density at radius 1 is 1.40 bits per heavy atom. The van der Waals surface area contributed by atoms with Gasteiger partial charge >= 0.3 is 40.0 Å². The van der Waals surface area contributed by atoms with Crippen LogP contribution in [0.2, 0.25) is 0 Å². The summed E-state index contributed by atoms with van der Waals surface area (Å²) in [6.45, 7) is 9.11. The minimum Gasteiger partial charge on any atom is -1.00 e. The van der Waals surface area contributed by atoms with Gasteiger partial charge in [0.25, 0.3) is 0 Å². The predicted octanol–water partition coefficient (Wildman–Crippen LogP) is -2.45. The summed E-state index contributed by atoms with van der Waals surface area (Å²) in [7, 11) is -4.67. The zero-order valence-corrected chi connectivity index (χ0v) is 12.1. The van der Waals surface area contributed by atoms with Gasteiger partial charge in [0.05, 0.1) is 0 Å². The maximum atomic E-state index is 10.6. The van der Waals surface area contributed by atoms with Crippen LogP contribution in [-0.4, -0.2) is 29.0 Å². The number of rotatable bonds is 1. The maximum absolute atomic E-state index is 10.6. The third-order valence-corrected chi connectivity index (χ3v) is 0.684. The third kappa shape index (κ3) is 41.0. The quantitative estimate of drug-likeness (QED) is 0.272. The molecule has 8 heteroatoms. The van der Waals surface area contributed by atoms with Gasteiger partial charge in [-0.15, -0.1) is 0 Å². The molecule has 0 atom stereocenters. The van der Waals surface area contributed by atoms with Crippen LogP contribution in [0, 0.1) is 0 Å². The molecule has 0 saturated carbocycles. The minimum atomic E-state index is -4.67. The van der Waals surface area contributed by atoms with E-state index < -0.39 is 10.4 Å². The second-order valence-electron chi connectivity index (χ2n) is 3.39. The predicted molar refractivity (Wildman–Crippen MR) is 53.4 cm³/mol. The standard InChI is InChI=1S/C7H13NO.Na.H2O4S.H/c1-5-6(9)8-7(2,3)4;;1-5(2,3)4;/h5H,1H2,2-4H3,(H,8,9);;(H2,1,2,3,4);/q;+1;;-1. The van der Waals surface area contributed by atoms with Gasteiger partial charge in [-0.3, -0.25) is 13.9 Å². The summed E-state index contributed by atoms with van der Waals surface area (Å²) in [5.74, 6) is -0.123. The molecule has 0 fully saturated rings. The van der Waals surface area contributed by atoms with Gasteiger partial charge in [0, 0.05) is 5.54 Å². The number of hydrogen-bond donors (Lipinski definition) is 3. The van der Waals surface area contributed by atoms with E-state index in [2.05, 4.69) is 11.9 Å². The van der Waals surface area contributed by atoms with Crippen molar-refractivity contribution >= 4 is 16.3 Å². The molecule has 6 nitrogen and oxygen atoms in total. The van der Waals surface area contributed by atoms with E-state index in [9.17, 15) is 4.79 Å². The SMILES string of the molecule is C=CC(=O)NC(C)(C)C.O=S(=O)(O)O.[H-].[Na+]. The van der Waals surface area contributed by atoms with E-state index in [1.54, 1.807) is 0 Å². The zero-order chi connectivity index (χ0) is 12.0. The summed E-state index contributed by atoms with van der Waals surface area (Å²) in [4.78, 5) is 10.6. The Morgan fingerprint density at radius 3 is 1.73 bits per heavy atom. The van der Waals surface area contributed by atoms with E-state index in [1.165, 1.54) is 6.08 Å². The van der Waals surface area contributed by atoms with Crippen molar-refractivity contribution in [2.24, 2.45) is 0 Å². The number of hydrogen-bond acceptors (Lipinski definition) is 3. The van der Waals surface area contributed by atoms with E-state index in [4.69, 9.17) is 17.5 Å². The third-order valence-electron chi connectivity index (χ3n) is 0.684. The van der Waals surface area contributed by atoms with Crippen LogP contribution in [0.4, 0.5) is 0 Å². The van der Waals surface area contributed by atoms with Gasteiger partial charge in [-0.1, -0.05) is 6.58 Å². The second-order valence-corrected chi connectivity index (χ2v) is 4.29. The average Bonchev–Trinajstić information content (AvgIpc) is 1.79. The molecular weight excluding hydrogens is 233 g/mol. The fourth-order valence-corrected chi connectivity index (χ4v) is 0.421. The number of carbonyl (C=O) groups excluding carboxylic acids is 1. The molecule has 0 radical (unpaired) electrons. The molecule has 0 aliphatic rings. The summed E-state index contributed by atoms with van der Waals surface area (Å²) in [5.41, 5.74) is -0.148. The Labute approximate surface area is 113 Å². The topological polar surface area (TPSA) is 104 Å². The Kier molecular flexibility index (Phi) is 11.3. The van der Waals surface area contributed by atoms with Crippen molar-refractivity contribution in [1.82, 2.24) is 5.32 Å². The van der Waals surface area contributed by atoms with Gasteiger partial charge in [0.1, 0.15) is 0 Å². The Balaban J connectivity index is -0.0000000904. The molecule has 15 heavy (non-hydrogen) atoms. The van der Waals surface area contributed by atoms with Crippen LogP contribution in [0.3, 0.4) is 0 Å². The molecule has 0 heterocycles. The van der Waals surface area contributed by atoms with Gasteiger partial charge in [-0.05, 0) is 26.8 Å². The molecule has 0 rings (SSSR count). The molecule has 0 aromatic heterocycles. The molecule has 0 aliphatic heterocycles. The molecular formula is C7H16NNaO5S. The summed E-state index contributed by atoms with van der Waals surface area (Å²) in [5, 5.41) is 2.71. The van der Waals surface area contributed by atoms with Crippen LogP contribution in [0.1, 0.15) is 22.2 Å². The van der Waals surface area contributed by atoms with Crippen molar-refractivity contribution in [3.8, 4) is 0 Å². The number of carbonyl (C=O) groups is 1. The van der Waals surface area contributed by atoms with E-state index in [0.717, 1.165) is 0 Å². The van der Waals surface area contributed by atoms with Gasteiger partial charge in [-0.25, -0.2) is 0 Å². The maximum Gasteiger partial charge on any atom is 1.00 e. The van der Waals surface area contributed by atoms with Crippen LogP contribution in [0.15, 0.2) is 12.7 Å². The smallest absolute Gasteiger partial charge is 1.00 e. The first kappa shape index (κ1) is 20.5. The summed E-state index contributed by atoms with van der Waals surface area (Å²) in [6, 6.07) is 0. The molecule has 0 aromatic rings. The summed E-state index contributed by atoms with van der Waals surface area (Å²) < 4.78 is 31.6. The molecule has 3 N–H and O–H groups in total. The average molecular weight is 249 g/mol. The minimum absolute atomic E-state index is 0. The van der Waals surface area contributed by atoms with Crippen LogP contribution >= 0.6 is 0 Å². The summed E-state index contributed by atoms with van der Waals surface area (Å²) in [6.07, 6.45) is 1.27. The first-order valence-corrected chi connectivity index (χ1v) is 5.00. The van der Waals surface area contributed by atoms with Gasteiger partial charge < -0.3 is 6.74 Å². The normalized spacial score (nSPS) is 10.2. The van der Waals surface area contributed by atoms with Gasteiger partial charge in [-0.2, -0.15) is 8.42 Å². The van der Waals surface area contributed by atoms with Crippen molar-refractivity contribution in [1.29, 1.82) is 0 Å². The Hall–Kier alpha value is 0.0800. The zero-order valence-electron chi connectivity index (χ0n) is 10.3. The molecule has 0 saturated heterocycles. The Morgan fingerprint density at radius 2 is 1.67 bits per heavy atom. The molecule has 0 aliphatic carbocycles. The fraction of sp³-hybridized carbons (Fsp3) is 0.571. The fourth-order valence-electron chi connectivity index (χ4n) is 0.421. The first-order chi connectivity index (χ1) is 5.95. The van der Waals surface area contributed by atoms with E-state index in [0.29, 0.717) is 0 Å². The van der Waals surface area contributed by atoms with Crippen molar-refractivity contribution in [2.45, 2.75) is 26.3 Å². The second kappa shape index (κ2) is 8.26. The monoisotopic (exact) mass is 249 g/mol. The van der Waals surface area contributed by atoms with E-state index in [1.807, 2.05) is 20.8 Å². The Bertz CT molecular complexity index is 290. The van der Waals surface area contributed by atoms with Crippen molar-refractivity contribution < 1.29 is 53.3 Å². The van der Waals surface area contributed by atoms with Crippen molar-refractivity contribution in [3.05, 3.63) is 12.7 Å². The van der Waals surface area contributed by atoms with Crippen LogP contribution < -0.4 is 34.9 Å². The van der Waals surface area contributed by atoms with Gasteiger partial charge in [0.2, 0.25) is 5.91 Å². The molecule has 0 unspecified atom stereocenters. The van der Waals surface area contributed by atoms with Crippen molar-refractivity contribution in [3.63, 3.8) is 0 Å². The largest absolute Gasteiger partial charge is 1.00 e. The summed E-state index contributed by atoms with van der Waals surface area (Å²) >= 11 is 0. The molecule has 0 aromatic carbocycles. The first-order valence-electron chi connectivity index (χ1n) is 3.60. The molecule has 0 bridgehead atoms. The van der Waals surface area contributed by atoms with Crippen LogP contribution in [-0.2, 0) is 15.2 Å².